The van der Waals surface area contributed by atoms with Gasteiger partial charge in [-0.3, -0.25) is 4.72 Å². The van der Waals surface area contributed by atoms with Crippen LogP contribution in [0.2, 0.25) is 5.02 Å². The molecule has 1 aromatic heterocycles. The summed E-state index contributed by atoms with van der Waals surface area (Å²) in [6, 6.07) is 11.6. The summed E-state index contributed by atoms with van der Waals surface area (Å²) >= 11 is 5.71. The number of rotatable bonds is 5. The molecule has 0 aliphatic heterocycles. The second-order valence-electron chi connectivity index (χ2n) is 5.25. The second-order valence-corrected chi connectivity index (χ2v) is 7.34. The molecule has 0 spiro atoms. The lowest BCUT2D eigenvalue weighted by molar-refractivity contribution is 0.599. The van der Waals surface area contributed by atoms with E-state index in [1.165, 1.54) is 42.6 Å². The summed E-state index contributed by atoms with van der Waals surface area (Å²) in [4.78, 5) is 4.02. The Bertz CT molecular complexity index is 1030. The highest BCUT2D eigenvalue weighted by Gasteiger charge is 2.14. The Hall–Kier alpha value is -2.71. The predicted molar refractivity (Wildman–Crippen MR) is 96.1 cm³/mol. The molecule has 0 radical (unpaired) electrons. The Labute approximate surface area is 153 Å². The Kier molecular flexibility index (Phi) is 5.06. The number of nitrogens with one attached hydrogen (secondary N) is 2. The van der Waals surface area contributed by atoms with Gasteiger partial charge in [0, 0.05) is 5.69 Å². The van der Waals surface area contributed by atoms with Crippen molar-refractivity contribution in [3.63, 3.8) is 0 Å². The van der Waals surface area contributed by atoms with Gasteiger partial charge in [-0.25, -0.2) is 22.2 Å². The van der Waals surface area contributed by atoms with Crippen molar-refractivity contribution in [1.82, 2.24) is 4.98 Å². The monoisotopic (exact) mass is 395 g/mol. The number of pyridine rings is 1. The van der Waals surface area contributed by atoms with Gasteiger partial charge in [0.1, 0.15) is 17.5 Å². The van der Waals surface area contributed by atoms with E-state index in [0.717, 1.165) is 12.1 Å². The fourth-order valence-corrected chi connectivity index (χ4v) is 3.30. The quantitative estimate of drug-likeness (QED) is 0.664. The molecule has 134 valence electrons. The Balaban J connectivity index is 1.73. The van der Waals surface area contributed by atoms with Gasteiger partial charge in [-0.05, 0) is 54.6 Å². The minimum atomic E-state index is -3.85. The van der Waals surface area contributed by atoms with Crippen LogP contribution in [0.1, 0.15) is 0 Å². The van der Waals surface area contributed by atoms with Gasteiger partial charge in [0.2, 0.25) is 0 Å². The second kappa shape index (κ2) is 7.27. The average molecular weight is 396 g/mol. The number of anilines is 3. The first kappa shape index (κ1) is 18.1. The van der Waals surface area contributed by atoms with Crippen molar-refractivity contribution in [2.45, 2.75) is 4.90 Å². The highest BCUT2D eigenvalue weighted by atomic mass is 35.5. The van der Waals surface area contributed by atoms with Gasteiger partial charge in [-0.1, -0.05) is 11.6 Å². The van der Waals surface area contributed by atoms with Gasteiger partial charge < -0.3 is 5.32 Å². The number of hydrogen-bond donors (Lipinski definition) is 2. The van der Waals surface area contributed by atoms with Crippen LogP contribution in [0.4, 0.5) is 26.0 Å². The number of nitrogens with zero attached hydrogens (tertiary/aromatic N) is 1. The molecule has 0 bridgehead atoms. The molecule has 3 aromatic rings. The maximum atomic E-state index is 13.1. The minimum Gasteiger partial charge on any atom is -0.340 e. The average Bonchev–Trinajstić information content (AvgIpc) is 2.60. The summed E-state index contributed by atoms with van der Waals surface area (Å²) in [5.41, 5.74) is 0.764. The Morgan fingerprint density at radius 1 is 0.923 bits per heavy atom. The highest BCUT2D eigenvalue weighted by molar-refractivity contribution is 7.92. The van der Waals surface area contributed by atoms with Crippen molar-refractivity contribution in [3.8, 4) is 0 Å². The van der Waals surface area contributed by atoms with Gasteiger partial charge in [-0.2, -0.15) is 0 Å². The fraction of sp³-hybridized carbons (Fsp3) is 0. The number of halogens is 3. The molecule has 0 unspecified atom stereocenters. The van der Waals surface area contributed by atoms with Crippen molar-refractivity contribution in [2.24, 2.45) is 0 Å². The van der Waals surface area contributed by atoms with Gasteiger partial charge in [0.05, 0.1) is 21.8 Å². The molecule has 3 rings (SSSR count). The molecule has 26 heavy (non-hydrogen) atoms. The van der Waals surface area contributed by atoms with Crippen molar-refractivity contribution < 1.29 is 17.2 Å². The van der Waals surface area contributed by atoms with Crippen LogP contribution in [0.3, 0.4) is 0 Å². The number of hydrogen-bond acceptors (Lipinski definition) is 4. The molecule has 0 amide bonds. The summed E-state index contributed by atoms with van der Waals surface area (Å²) in [6.45, 7) is 0. The fourth-order valence-electron chi connectivity index (χ4n) is 2.08. The first-order chi connectivity index (χ1) is 12.3. The van der Waals surface area contributed by atoms with Crippen molar-refractivity contribution in [2.75, 3.05) is 10.0 Å². The normalized spacial score (nSPS) is 11.2. The first-order valence-electron chi connectivity index (χ1n) is 7.30. The first-order valence-corrected chi connectivity index (χ1v) is 9.16. The standard InChI is InChI=1S/C17H12ClF2N3O2S/c18-15-9-12(3-7-16(15)20)22-17-8-4-13(10-21-17)23-26(24,25)14-5-1-11(19)2-6-14/h1-10,23H,(H,21,22). The smallest absolute Gasteiger partial charge is 0.261 e. The number of sulfonamides is 1. The van der Waals surface area contributed by atoms with Crippen LogP contribution in [-0.2, 0) is 10.0 Å². The summed E-state index contributed by atoms with van der Waals surface area (Å²) in [5, 5.41) is 2.89. The van der Waals surface area contributed by atoms with E-state index in [9.17, 15) is 17.2 Å². The molecular weight excluding hydrogens is 384 g/mol. The maximum absolute atomic E-state index is 13.1. The van der Waals surface area contributed by atoms with Gasteiger partial charge in [0.25, 0.3) is 10.0 Å². The van der Waals surface area contributed by atoms with Gasteiger partial charge >= 0.3 is 0 Å². The van der Waals surface area contributed by atoms with Crippen LogP contribution < -0.4 is 10.0 Å². The van der Waals surface area contributed by atoms with Gasteiger partial charge in [-0.15, -0.1) is 0 Å². The molecule has 0 saturated carbocycles. The zero-order valence-corrected chi connectivity index (χ0v) is 14.7. The molecule has 9 heteroatoms. The third kappa shape index (κ3) is 4.27. The molecule has 0 aliphatic rings. The van der Waals surface area contributed by atoms with E-state index >= 15 is 0 Å². The van der Waals surface area contributed by atoms with Crippen molar-refractivity contribution in [3.05, 3.63) is 77.5 Å². The third-order valence-electron chi connectivity index (χ3n) is 3.33. The molecule has 0 atom stereocenters. The van der Waals surface area contributed by atoms with E-state index in [2.05, 4.69) is 15.0 Å². The Morgan fingerprint density at radius 2 is 1.62 bits per heavy atom. The van der Waals surface area contributed by atoms with Crippen LogP contribution >= 0.6 is 11.6 Å². The molecule has 0 fully saturated rings. The van der Waals surface area contributed by atoms with Crippen molar-refractivity contribution in [1.29, 1.82) is 0 Å². The SMILES string of the molecule is O=S(=O)(Nc1ccc(Nc2ccc(F)c(Cl)c2)nc1)c1ccc(F)cc1. The Morgan fingerprint density at radius 3 is 2.23 bits per heavy atom. The summed E-state index contributed by atoms with van der Waals surface area (Å²) < 4.78 is 52.9. The third-order valence-corrected chi connectivity index (χ3v) is 5.02. The minimum absolute atomic E-state index is 0.0290. The molecule has 0 aliphatic carbocycles. The molecule has 5 nitrogen and oxygen atoms in total. The lowest BCUT2D eigenvalue weighted by atomic mass is 10.3. The number of aromatic nitrogens is 1. The van der Waals surface area contributed by atoms with E-state index in [0.29, 0.717) is 11.5 Å². The summed E-state index contributed by atoms with van der Waals surface area (Å²) in [7, 11) is -3.85. The van der Waals surface area contributed by atoms with E-state index in [1.807, 2.05) is 0 Å². The topological polar surface area (TPSA) is 71.1 Å². The molecular formula is C17H12ClF2N3O2S. The summed E-state index contributed by atoms with van der Waals surface area (Å²) in [6.07, 6.45) is 1.31. The maximum Gasteiger partial charge on any atom is 0.261 e. The van der Waals surface area contributed by atoms with Crippen LogP contribution in [0.25, 0.3) is 0 Å². The van der Waals surface area contributed by atoms with E-state index in [4.69, 9.17) is 11.6 Å². The van der Waals surface area contributed by atoms with Crippen LogP contribution in [-0.4, -0.2) is 13.4 Å². The van der Waals surface area contributed by atoms with E-state index in [1.54, 1.807) is 6.07 Å². The largest absolute Gasteiger partial charge is 0.340 e. The predicted octanol–water partition coefficient (Wildman–Crippen LogP) is 4.56. The van der Waals surface area contributed by atoms with Crippen LogP contribution in [0.5, 0.6) is 0 Å². The zero-order valence-electron chi connectivity index (χ0n) is 13.1. The number of benzene rings is 2. The van der Waals surface area contributed by atoms with E-state index in [-0.39, 0.29) is 15.6 Å². The molecule has 1 heterocycles. The zero-order chi connectivity index (χ0) is 18.7. The molecule has 2 N–H and O–H groups in total. The van der Waals surface area contributed by atoms with Crippen molar-refractivity contribution >= 4 is 38.8 Å². The van der Waals surface area contributed by atoms with E-state index < -0.39 is 21.7 Å². The lowest BCUT2D eigenvalue weighted by Crippen LogP contribution is -2.13. The highest BCUT2D eigenvalue weighted by Crippen LogP contribution is 2.23. The summed E-state index contributed by atoms with van der Waals surface area (Å²) in [5.74, 6) is -0.643. The molecule has 2 aromatic carbocycles. The van der Waals surface area contributed by atoms with Gasteiger partial charge in [0.15, 0.2) is 0 Å². The van der Waals surface area contributed by atoms with Crippen LogP contribution in [0.15, 0.2) is 65.7 Å². The lowest BCUT2D eigenvalue weighted by Gasteiger charge is -2.10. The van der Waals surface area contributed by atoms with Crippen LogP contribution in [0, 0.1) is 11.6 Å². The molecule has 0 saturated heterocycles.